The maximum absolute atomic E-state index is 11.9. The van der Waals surface area contributed by atoms with Crippen molar-refractivity contribution in [2.24, 2.45) is 0 Å². The standard InChI is InChI=1S/C6H6BrF3O4/c1-2(7)5(13)14-3(4(11)12)6(8,9)10/h2-3H,1H3,(H,11,12). The summed E-state index contributed by atoms with van der Waals surface area (Å²) >= 11 is 2.65. The lowest BCUT2D eigenvalue weighted by Crippen LogP contribution is -2.41. The Bertz CT molecular complexity index is 238. The topological polar surface area (TPSA) is 63.6 Å². The van der Waals surface area contributed by atoms with Gasteiger partial charge in [-0.25, -0.2) is 4.79 Å². The third-order valence-corrected chi connectivity index (χ3v) is 1.45. The molecule has 0 aliphatic carbocycles. The molecule has 0 aromatic carbocycles. The average Bonchev–Trinajstić information content (AvgIpc) is 1.96. The SMILES string of the molecule is CC(Br)C(=O)OC(C(=O)O)C(F)(F)F. The van der Waals surface area contributed by atoms with Gasteiger partial charge in [-0.3, -0.25) is 4.79 Å². The predicted molar refractivity (Wildman–Crippen MR) is 42.0 cm³/mol. The minimum absolute atomic E-state index is 0.994. The molecule has 0 amide bonds. The van der Waals surface area contributed by atoms with Gasteiger partial charge in [-0.05, 0) is 6.92 Å². The van der Waals surface area contributed by atoms with Crippen LogP contribution in [0.4, 0.5) is 13.2 Å². The molecule has 2 unspecified atom stereocenters. The van der Waals surface area contributed by atoms with Gasteiger partial charge in [-0.1, -0.05) is 15.9 Å². The second-order valence-electron chi connectivity index (χ2n) is 2.31. The molecule has 0 bridgehead atoms. The van der Waals surface area contributed by atoms with Gasteiger partial charge in [0.1, 0.15) is 4.83 Å². The van der Waals surface area contributed by atoms with Crippen molar-refractivity contribution in [1.29, 1.82) is 0 Å². The quantitative estimate of drug-likeness (QED) is 0.625. The monoisotopic (exact) mass is 278 g/mol. The van der Waals surface area contributed by atoms with Crippen molar-refractivity contribution in [2.75, 3.05) is 0 Å². The van der Waals surface area contributed by atoms with Crippen LogP contribution in [0, 0.1) is 0 Å². The second kappa shape index (κ2) is 4.63. The van der Waals surface area contributed by atoms with Crippen LogP contribution in [0.5, 0.6) is 0 Å². The third kappa shape index (κ3) is 3.95. The number of aliphatic carboxylic acids is 1. The molecule has 2 atom stereocenters. The van der Waals surface area contributed by atoms with Crippen LogP contribution in [0.15, 0.2) is 0 Å². The van der Waals surface area contributed by atoms with Crippen molar-refractivity contribution in [3.63, 3.8) is 0 Å². The number of alkyl halides is 4. The fourth-order valence-electron chi connectivity index (χ4n) is 0.467. The Morgan fingerprint density at radius 3 is 2.07 bits per heavy atom. The minimum atomic E-state index is -5.11. The lowest BCUT2D eigenvalue weighted by Gasteiger charge is -2.17. The molecule has 0 aliphatic rings. The number of halogens is 4. The number of hydrogen-bond acceptors (Lipinski definition) is 3. The zero-order valence-corrected chi connectivity index (χ0v) is 8.42. The van der Waals surface area contributed by atoms with Crippen molar-refractivity contribution in [3.05, 3.63) is 0 Å². The Kier molecular flexibility index (Phi) is 4.37. The highest BCUT2D eigenvalue weighted by atomic mass is 79.9. The first kappa shape index (κ1) is 13.2. The first-order chi connectivity index (χ1) is 6.16. The summed E-state index contributed by atoms with van der Waals surface area (Å²) in [5.74, 6) is -3.53. The Morgan fingerprint density at radius 2 is 1.86 bits per heavy atom. The van der Waals surface area contributed by atoms with E-state index in [4.69, 9.17) is 5.11 Å². The molecule has 0 rings (SSSR count). The largest absolute Gasteiger partial charge is 0.478 e. The van der Waals surface area contributed by atoms with Crippen LogP contribution >= 0.6 is 15.9 Å². The molecule has 0 radical (unpaired) electrons. The number of esters is 1. The predicted octanol–water partition coefficient (Wildman–Crippen LogP) is 1.33. The van der Waals surface area contributed by atoms with E-state index in [9.17, 15) is 22.8 Å². The van der Waals surface area contributed by atoms with Crippen LogP contribution in [0.2, 0.25) is 0 Å². The molecular formula is C6H6BrF3O4. The molecule has 0 saturated carbocycles. The normalized spacial score (nSPS) is 15.8. The number of carbonyl (C=O) groups is 2. The molecular weight excluding hydrogens is 273 g/mol. The van der Waals surface area contributed by atoms with Crippen LogP contribution in [0.25, 0.3) is 0 Å². The van der Waals surface area contributed by atoms with Crippen molar-refractivity contribution in [3.8, 4) is 0 Å². The Hall–Kier alpha value is -0.790. The molecule has 4 nitrogen and oxygen atoms in total. The third-order valence-electron chi connectivity index (χ3n) is 1.08. The van der Waals surface area contributed by atoms with Crippen LogP contribution < -0.4 is 0 Å². The summed E-state index contributed by atoms with van der Waals surface area (Å²) in [5.41, 5.74) is 0. The van der Waals surface area contributed by atoms with Gasteiger partial charge >= 0.3 is 18.1 Å². The maximum Gasteiger partial charge on any atom is 0.436 e. The average molecular weight is 279 g/mol. The van der Waals surface area contributed by atoms with E-state index in [0.717, 1.165) is 0 Å². The first-order valence-corrected chi connectivity index (χ1v) is 4.22. The van der Waals surface area contributed by atoms with Gasteiger partial charge in [0.2, 0.25) is 0 Å². The Labute approximate surface area is 85.2 Å². The van der Waals surface area contributed by atoms with Gasteiger partial charge in [0.25, 0.3) is 6.10 Å². The second-order valence-corrected chi connectivity index (χ2v) is 3.69. The number of ether oxygens (including phenoxy) is 1. The highest BCUT2D eigenvalue weighted by molar-refractivity contribution is 9.10. The van der Waals surface area contributed by atoms with E-state index >= 15 is 0 Å². The van der Waals surface area contributed by atoms with Gasteiger partial charge in [-0.15, -0.1) is 0 Å². The number of carboxylic acids is 1. The highest BCUT2D eigenvalue weighted by Gasteiger charge is 2.48. The van der Waals surface area contributed by atoms with Crippen molar-refractivity contribution >= 4 is 27.9 Å². The van der Waals surface area contributed by atoms with Gasteiger partial charge in [0, 0.05) is 0 Å². The Balaban J connectivity index is 4.56. The molecule has 8 heteroatoms. The molecule has 0 spiro atoms. The fraction of sp³-hybridized carbons (Fsp3) is 0.667. The summed E-state index contributed by atoms with van der Waals surface area (Å²) < 4.78 is 39.5. The van der Waals surface area contributed by atoms with Gasteiger partial charge in [-0.2, -0.15) is 13.2 Å². The summed E-state index contributed by atoms with van der Waals surface area (Å²) in [4.78, 5) is 19.8. The Morgan fingerprint density at radius 1 is 1.43 bits per heavy atom. The molecule has 14 heavy (non-hydrogen) atoms. The van der Waals surface area contributed by atoms with Crippen molar-refractivity contribution < 1.29 is 32.6 Å². The number of carbonyl (C=O) groups excluding carboxylic acids is 1. The van der Waals surface area contributed by atoms with Crippen LogP contribution in [0.1, 0.15) is 6.92 Å². The van der Waals surface area contributed by atoms with Gasteiger partial charge in [0.15, 0.2) is 0 Å². The highest BCUT2D eigenvalue weighted by Crippen LogP contribution is 2.24. The molecule has 0 aliphatic heterocycles. The number of carboxylic acid groups (broad SMARTS) is 1. The summed E-state index contributed by atoms with van der Waals surface area (Å²) in [5, 5.41) is 8.13. The molecule has 0 aromatic heterocycles. The number of hydrogen-bond donors (Lipinski definition) is 1. The first-order valence-electron chi connectivity index (χ1n) is 3.30. The smallest absolute Gasteiger partial charge is 0.436 e. The summed E-state index contributed by atoms with van der Waals surface area (Å²) in [6.07, 6.45) is -8.22. The molecule has 0 aromatic rings. The fourth-order valence-corrected chi connectivity index (χ4v) is 0.575. The van der Waals surface area contributed by atoms with Crippen LogP contribution in [0.3, 0.4) is 0 Å². The van der Waals surface area contributed by atoms with E-state index < -0.39 is 29.0 Å². The van der Waals surface area contributed by atoms with E-state index in [0.29, 0.717) is 0 Å². The van der Waals surface area contributed by atoms with E-state index in [1.807, 2.05) is 0 Å². The zero-order valence-electron chi connectivity index (χ0n) is 6.84. The molecule has 0 heterocycles. The summed E-state index contributed by atoms with van der Waals surface area (Å²) in [6, 6.07) is 0. The summed E-state index contributed by atoms with van der Waals surface area (Å²) in [6.45, 7) is 1.22. The van der Waals surface area contributed by atoms with E-state index in [1.54, 1.807) is 0 Å². The van der Waals surface area contributed by atoms with E-state index in [1.165, 1.54) is 6.92 Å². The molecule has 82 valence electrons. The maximum atomic E-state index is 11.9. The number of rotatable bonds is 3. The molecule has 0 saturated heterocycles. The summed E-state index contributed by atoms with van der Waals surface area (Å²) in [7, 11) is 0. The molecule has 0 fully saturated rings. The lowest BCUT2D eigenvalue weighted by molar-refractivity contribution is -0.226. The van der Waals surface area contributed by atoms with Gasteiger partial charge < -0.3 is 9.84 Å². The molecule has 1 N–H and O–H groups in total. The van der Waals surface area contributed by atoms with Crippen LogP contribution in [-0.4, -0.2) is 34.2 Å². The lowest BCUT2D eigenvalue weighted by atomic mass is 10.3. The van der Waals surface area contributed by atoms with Gasteiger partial charge in [0.05, 0.1) is 0 Å². The van der Waals surface area contributed by atoms with Crippen molar-refractivity contribution in [1.82, 2.24) is 0 Å². The minimum Gasteiger partial charge on any atom is -0.478 e. The van der Waals surface area contributed by atoms with Crippen molar-refractivity contribution in [2.45, 2.75) is 24.0 Å². The van der Waals surface area contributed by atoms with Crippen LogP contribution in [-0.2, 0) is 14.3 Å². The van der Waals surface area contributed by atoms with E-state index in [-0.39, 0.29) is 0 Å². The zero-order chi connectivity index (χ0) is 11.5. The van der Waals surface area contributed by atoms with E-state index in [2.05, 4.69) is 20.7 Å².